The van der Waals surface area contributed by atoms with Crippen molar-refractivity contribution in [1.82, 2.24) is 5.32 Å². The van der Waals surface area contributed by atoms with Gasteiger partial charge in [-0.25, -0.2) is 8.78 Å². The van der Waals surface area contributed by atoms with Crippen molar-refractivity contribution in [3.05, 3.63) is 35.4 Å². The molecule has 1 rings (SSSR count). The van der Waals surface area contributed by atoms with Crippen LogP contribution in [0.4, 0.5) is 8.78 Å². The van der Waals surface area contributed by atoms with E-state index in [2.05, 4.69) is 5.32 Å². The highest BCUT2D eigenvalue weighted by Gasteiger charge is 2.18. The van der Waals surface area contributed by atoms with E-state index in [4.69, 9.17) is 11.6 Å². The molecule has 5 heteroatoms. The van der Waals surface area contributed by atoms with Crippen LogP contribution in [0.25, 0.3) is 0 Å². The number of carbonyl (C=O) groups excluding carboxylic acids is 1. The molecule has 0 saturated heterocycles. The molecular weight excluding hydrogens is 260 g/mol. The first-order chi connectivity index (χ1) is 8.34. The maximum absolute atomic E-state index is 13.3. The molecule has 0 saturated carbocycles. The minimum absolute atomic E-state index is 0.107. The largest absolute Gasteiger partial charge is 0.355 e. The van der Waals surface area contributed by atoms with E-state index >= 15 is 0 Å². The van der Waals surface area contributed by atoms with Crippen LogP contribution >= 0.6 is 11.6 Å². The van der Waals surface area contributed by atoms with Gasteiger partial charge in [-0.15, -0.1) is 11.6 Å². The molecule has 1 aromatic carbocycles. The van der Waals surface area contributed by atoms with Crippen molar-refractivity contribution in [3.63, 3.8) is 0 Å². The van der Waals surface area contributed by atoms with E-state index in [1.165, 1.54) is 6.07 Å². The van der Waals surface area contributed by atoms with Gasteiger partial charge in [0.2, 0.25) is 5.91 Å². The third-order valence-electron chi connectivity index (χ3n) is 2.49. The summed E-state index contributed by atoms with van der Waals surface area (Å²) < 4.78 is 26.0. The molecule has 0 heterocycles. The quantitative estimate of drug-likeness (QED) is 0.823. The zero-order chi connectivity index (χ0) is 13.8. The van der Waals surface area contributed by atoms with Crippen LogP contribution in [0.3, 0.4) is 0 Å². The van der Waals surface area contributed by atoms with Gasteiger partial charge in [-0.1, -0.05) is 19.9 Å². The Hall–Kier alpha value is -1.16. The van der Waals surface area contributed by atoms with Crippen molar-refractivity contribution < 1.29 is 13.6 Å². The minimum Gasteiger partial charge on any atom is -0.355 e. The van der Waals surface area contributed by atoms with Crippen LogP contribution in [0, 0.1) is 17.0 Å². The first kappa shape index (κ1) is 14.9. The van der Waals surface area contributed by atoms with Crippen molar-refractivity contribution >= 4 is 17.5 Å². The molecule has 0 fully saturated rings. The van der Waals surface area contributed by atoms with Gasteiger partial charge in [0.25, 0.3) is 0 Å². The minimum atomic E-state index is -0.707. The molecule has 0 aliphatic rings. The number of carbonyl (C=O) groups is 1. The summed E-state index contributed by atoms with van der Waals surface area (Å²) in [4.78, 5) is 11.6. The first-order valence-corrected chi connectivity index (χ1v) is 6.14. The fraction of sp³-hybridized carbons (Fsp3) is 0.462. The number of nitrogens with one attached hydrogen (secondary N) is 1. The maximum Gasteiger partial charge on any atom is 0.224 e. The van der Waals surface area contributed by atoms with Crippen molar-refractivity contribution in [2.75, 3.05) is 12.4 Å². The fourth-order valence-electron chi connectivity index (χ4n) is 1.29. The van der Waals surface area contributed by atoms with Crippen LogP contribution in [-0.4, -0.2) is 18.3 Å². The van der Waals surface area contributed by atoms with E-state index in [-0.39, 0.29) is 23.3 Å². The lowest BCUT2D eigenvalue weighted by Crippen LogP contribution is -2.35. The van der Waals surface area contributed by atoms with E-state index in [0.29, 0.717) is 12.4 Å². The maximum atomic E-state index is 13.3. The van der Waals surface area contributed by atoms with Gasteiger partial charge in [-0.05, 0) is 17.0 Å². The molecule has 0 spiro atoms. The van der Waals surface area contributed by atoms with Crippen LogP contribution in [0.2, 0.25) is 0 Å². The van der Waals surface area contributed by atoms with Gasteiger partial charge >= 0.3 is 0 Å². The predicted octanol–water partition coefficient (Wildman–Crippen LogP) is 2.89. The zero-order valence-electron chi connectivity index (χ0n) is 10.4. The summed E-state index contributed by atoms with van der Waals surface area (Å²) in [5.41, 5.74) is -0.0315. The van der Waals surface area contributed by atoms with Crippen LogP contribution in [0.1, 0.15) is 19.4 Å². The predicted molar refractivity (Wildman–Crippen MR) is 67.6 cm³/mol. The van der Waals surface area contributed by atoms with E-state index in [1.807, 2.05) is 13.8 Å². The molecule has 0 aromatic heterocycles. The lowest BCUT2D eigenvalue weighted by molar-refractivity contribution is -0.120. The zero-order valence-corrected chi connectivity index (χ0v) is 11.2. The van der Waals surface area contributed by atoms with E-state index < -0.39 is 11.6 Å². The Morgan fingerprint density at radius 2 is 2.06 bits per heavy atom. The van der Waals surface area contributed by atoms with E-state index in [1.54, 1.807) is 0 Å². The molecule has 0 atom stereocenters. The lowest BCUT2D eigenvalue weighted by atomic mass is 9.96. The molecule has 0 unspecified atom stereocenters. The molecule has 2 nitrogen and oxygen atoms in total. The lowest BCUT2D eigenvalue weighted by Gasteiger charge is -2.21. The van der Waals surface area contributed by atoms with Crippen molar-refractivity contribution in [3.8, 4) is 0 Å². The van der Waals surface area contributed by atoms with Crippen LogP contribution in [-0.2, 0) is 11.2 Å². The molecule has 0 aliphatic carbocycles. The van der Waals surface area contributed by atoms with Gasteiger partial charge < -0.3 is 5.32 Å². The number of hydrogen-bond acceptors (Lipinski definition) is 1. The van der Waals surface area contributed by atoms with Gasteiger partial charge in [0.05, 0.1) is 6.42 Å². The van der Waals surface area contributed by atoms with Crippen molar-refractivity contribution in [2.45, 2.75) is 20.3 Å². The van der Waals surface area contributed by atoms with Gasteiger partial charge in [-0.3, -0.25) is 4.79 Å². The number of rotatable bonds is 5. The fourth-order valence-corrected chi connectivity index (χ4v) is 1.38. The Kier molecular flexibility index (Phi) is 5.08. The van der Waals surface area contributed by atoms with Gasteiger partial charge in [0, 0.05) is 18.5 Å². The molecular formula is C13H16ClF2NO. The molecule has 1 amide bonds. The van der Waals surface area contributed by atoms with Crippen LogP contribution < -0.4 is 5.32 Å². The number of hydrogen-bond donors (Lipinski definition) is 1. The smallest absolute Gasteiger partial charge is 0.224 e. The molecule has 0 aliphatic heterocycles. The topological polar surface area (TPSA) is 29.1 Å². The summed E-state index contributed by atoms with van der Waals surface area (Å²) in [6.45, 7) is 4.25. The highest BCUT2D eigenvalue weighted by atomic mass is 35.5. The Bertz CT molecular complexity index is 435. The second-order valence-electron chi connectivity index (χ2n) is 4.99. The average molecular weight is 276 g/mol. The van der Waals surface area contributed by atoms with E-state index in [0.717, 1.165) is 12.1 Å². The third kappa shape index (κ3) is 4.61. The monoisotopic (exact) mass is 275 g/mol. The highest BCUT2D eigenvalue weighted by Crippen LogP contribution is 2.15. The number of benzene rings is 1. The normalized spacial score (nSPS) is 11.4. The average Bonchev–Trinajstić information content (AvgIpc) is 2.30. The second-order valence-corrected chi connectivity index (χ2v) is 5.25. The molecule has 0 radical (unpaired) electrons. The van der Waals surface area contributed by atoms with Crippen molar-refractivity contribution in [1.29, 1.82) is 0 Å². The Morgan fingerprint density at radius 1 is 1.39 bits per heavy atom. The Balaban J connectivity index is 2.55. The van der Waals surface area contributed by atoms with Crippen molar-refractivity contribution in [2.24, 2.45) is 5.41 Å². The molecule has 1 aromatic rings. The molecule has 0 bridgehead atoms. The number of halogens is 3. The SMILES string of the molecule is CC(C)(CCl)CNC(=O)Cc1ccc(F)cc1F. The van der Waals surface area contributed by atoms with Gasteiger partial charge in [0.1, 0.15) is 11.6 Å². The number of amides is 1. The number of alkyl halides is 1. The summed E-state index contributed by atoms with van der Waals surface area (Å²) in [6.07, 6.45) is -0.107. The standard InChI is InChI=1S/C13H16ClF2NO/c1-13(2,7-14)8-17-12(18)5-9-3-4-10(15)6-11(9)16/h3-4,6H,5,7-8H2,1-2H3,(H,17,18). The van der Waals surface area contributed by atoms with Gasteiger partial charge in [-0.2, -0.15) is 0 Å². The first-order valence-electron chi connectivity index (χ1n) is 5.61. The van der Waals surface area contributed by atoms with Gasteiger partial charge in [0.15, 0.2) is 0 Å². The van der Waals surface area contributed by atoms with Crippen LogP contribution in [0.5, 0.6) is 0 Å². The Labute approximate surface area is 110 Å². The molecule has 18 heavy (non-hydrogen) atoms. The van der Waals surface area contributed by atoms with E-state index in [9.17, 15) is 13.6 Å². The Morgan fingerprint density at radius 3 is 2.61 bits per heavy atom. The molecule has 1 N–H and O–H groups in total. The van der Waals surface area contributed by atoms with Crippen LogP contribution in [0.15, 0.2) is 18.2 Å². The summed E-state index contributed by atoms with van der Waals surface area (Å²) in [6, 6.07) is 3.18. The second kappa shape index (κ2) is 6.14. The summed E-state index contributed by atoms with van der Waals surface area (Å²) >= 11 is 5.73. The summed E-state index contributed by atoms with van der Waals surface area (Å²) in [5.74, 6) is -1.25. The highest BCUT2D eigenvalue weighted by molar-refractivity contribution is 6.18. The third-order valence-corrected chi connectivity index (χ3v) is 3.22. The summed E-state index contributed by atoms with van der Waals surface area (Å²) in [5, 5.41) is 2.68. The summed E-state index contributed by atoms with van der Waals surface area (Å²) in [7, 11) is 0. The molecule has 100 valence electrons.